The van der Waals surface area contributed by atoms with Gasteiger partial charge in [0.2, 0.25) is 0 Å². The first kappa shape index (κ1) is 16.2. The van der Waals surface area contributed by atoms with Crippen LogP contribution in [-0.2, 0) is 4.74 Å². The highest BCUT2D eigenvalue weighted by Crippen LogP contribution is 2.14. The average molecular weight is 279 g/mol. The van der Waals surface area contributed by atoms with Crippen LogP contribution in [0.5, 0.6) is 0 Å². The normalized spacial score (nSPS) is 20.2. The quantitative estimate of drug-likeness (QED) is 0.691. The van der Waals surface area contributed by atoms with Crippen LogP contribution in [0.15, 0.2) is 0 Å². The van der Waals surface area contributed by atoms with Crippen molar-refractivity contribution in [1.82, 2.24) is 9.80 Å². The summed E-state index contributed by atoms with van der Waals surface area (Å²) in [7, 11) is 0. The van der Waals surface area contributed by atoms with Gasteiger partial charge in [-0.25, -0.2) is 0 Å². The SMILES string of the molecule is CCC(C#N)N1CCN(CCOCC(F)(F)F)CC1. The molecule has 0 spiro atoms. The van der Waals surface area contributed by atoms with Crippen LogP contribution in [0.2, 0.25) is 0 Å². The third kappa shape index (κ3) is 6.23. The zero-order chi connectivity index (χ0) is 14.3. The molecule has 1 atom stereocenters. The van der Waals surface area contributed by atoms with Crippen molar-refractivity contribution in [2.75, 3.05) is 45.9 Å². The molecule has 4 nitrogen and oxygen atoms in total. The summed E-state index contributed by atoms with van der Waals surface area (Å²) in [5.74, 6) is 0. The third-order valence-corrected chi connectivity index (χ3v) is 3.20. The Hall–Kier alpha value is -0.840. The fraction of sp³-hybridized carbons (Fsp3) is 0.917. The van der Waals surface area contributed by atoms with Crippen molar-refractivity contribution < 1.29 is 17.9 Å². The lowest BCUT2D eigenvalue weighted by Gasteiger charge is -2.36. The molecule has 110 valence electrons. The van der Waals surface area contributed by atoms with Gasteiger partial charge < -0.3 is 4.74 Å². The molecule has 1 aliphatic rings. The molecule has 0 bridgehead atoms. The summed E-state index contributed by atoms with van der Waals surface area (Å²) in [6.45, 7) is 4.50. The summed E-state index contributed by atoms with van der Waals surface area (Å²) in [5, 5.41) is 8.96. The molecule has 1 unspecified atom stereocenters. The van der Waals surface area contributed by atoms with E-state index in [1.54, 1.807) is 0 Å². The summed E-state index contributed by atoms with van der Waals surface area (Å²) in [4.78, 5) is 4.18. The molecule has 0 amide bonds. The lowest BCUT2D eigenvalue weighted by atomic mass is 10.2. The highest BCUT2D eigenvalue weighted by atomic mass is 19.4. The first-order chi connectivity index (χ1) is 8.96. The minimum atomic E-state index is -4.25. The summed E-state index contributed by atoms with van der Waals surface area (Å²) in [6.07, 6.45) is -3.45. The standard InChI is InChI=1S/C12H20F3N3O/c1-2-11(9-16)18-5-3-17(4-6-18)7-8-19-10-12(13,14)15/h11H,2-8,10H2,1H3. The number of halogens is 3. The van der Waals surface area contributed by atoms with Crippen LogP contribution in [0.1, 0.15) is 13.3 Å². The molecule has 0 radical (unpaired) electrons. The van der Waals surface area contributed by atoms with Crippen LogP contribution in [0.25, 0.3) is 0 Å². The van der Waals surface area contributed by atoms with E-state index in [9.17, 15) is 13.2 Å². The maximum Gasteiger partial charge on any atom is 0.411 e. The molecule has 1 rings (SSSR count). The lowest BCUT2D eigenvalue weighted by molar-refractivity contribution is -0.174. The van der Waals surface area contributed by atoms with E-state index >= 15 is 0 Å². The fourth-order valence-corrected chi connectivity index (χ4v) is 2.11. The van der Waals surface area contributed by atoms with Gasteiger partial charge in [-0.05, 0) is 6.42 Å². The number of hydrogen-bond donors (Lipinski definition) is 0. The number of ether oxygens (including phenoxy) is 1. The summed E-state index contributed by atoms with van der Waals surface area (Å²) in [5.41, 5.74) is 0. The summed E-state index contributed by atoms with van der Waals surface area (Å²) < 4.78 is 40.2. The Bertz CT molecular complexity index is 296. The van der Waals surface area contributed by atoms with E-state index < -0.39 is 12.8 Å². The Morgan fingerprint density at radius 2 is 1.89 bits per heavy atom. The zero-order valence-electron chi connectivity index (χ0n) is 11.1. The molecule has 7 heteroatoms. The highest BCUT2D eigenvalue weighted by molar-refractivity contribution is 4.92. The molecule has 1 fully saturated rings. The van der Waals surface area contributed by atoms with Gasteiger partial charge in [-0.2, -0.15) is 18.4 Å². The second kappa shape index (κ2) is 7.68. The smallest absolute Gasteiger partial charge is 0.371 e. The zero-order valence-corrected chi connectivity index (χ0v) is 11.1. The van der Waals surface area contributed by atoms with Crippen molar-refractivity contribution in [2.24, 2.45) is 0 Å². The molecule has 0 aromatic carbocycles. The third-order valence-electron chi connectivity index (χ3n) is 3.20. The number of nitriles is 1. The molecule has 1 saturated heterocycles. The van der Waals surface area contributed by atoms with E-state index in [0.29, 0.717) is 6.54 Å². The molecule has 0 N–H and O–H groups in total. The highest BCUT2D eigenvalue weighted by Gasteiger charge is 2.27. The summed E-state index contributed by atoms with van der Waals surface area (Å²) in [6, 6.07) is 2.21. The number of alkyl halides is 3. The lowest BCUT2D eigenvalue weighted by Crippen LogP contribution is -2.50. The predicted octanol–water partition coefficient (Wildman–Crippen LogP) is 1.49. The van der Waals surface area contributed by atoms with Gasteiger partial charge in [0, 0.05) is 32.7 Å². The van der Waals surface area contributed by atoms with Crippen molar-refractivity contribution in [3.63, 3.8) is 0 Å². The minimum absolute atomic E-state index is 0.0522. The van der Waals surface area contributed by atoms with Crippen LogP contribution >= 0.6 is 0 Å². The van der Waals surface area contributed by atoms with E-state index in [2.05, 4.69) is 20.6 Å². The molecule has 0 aromatic heterocycles. The molecule has 0 saturated carbocycles. The largest absolute Gasteiger partial charge is 0.411 e. The van der Waals surface area contributed by atoms with Gasteiger partial charge in [0.1, 0.15) is 6.61 Å². The van der Waals surface area contributed by atoms with Crippen molar-refractivity contribution in [2.45, 2.75) is 25.6 Å². The molecule has 0 aliphatic carbocycles. The number of hydrogen-bond acceptors (Lipinski definition) is 4. The molecule has 1 aliphatic heterocycles. The van der Waals surface area contributed by atoms with Crippen LogP contribution < -0.4 is 0 Å². The Balaban J connectivity index is 2.15. The number of nitrogens with zero attached hydrogens (tertiary/aromatic N) is 3. The molecule has 19 heavy (non-hydrogen) atoms. The van der Waals surface area contributed by atoms with Gasteiger partial charge in [-0.3, -0.25) is 9.80 Å². The number of rotatable bonds is 6. The van der Waals surface area contributed by atoms with Crippen molar-refractivity contribution in [3.05, 3.63) is 0 Å². The van der Waals surface area contributed by atoms with Crippen molar-refractivity contribution >= 4 is 0 Å². The second-order valence-electron chi connectivity index (χ2n) is 4.60. The van der Waals surface area contributed by atoms with Crippen LogP contribution in [-0.4, -0.2) is 68.0 Å². The maximum absolute atomic E-state index is 11.9. The van der Waals surface area contributed by atoms with Crippen LogP contribution in [0, 0.1) is 11.3 Å². The van der Waals surface area contributed by atoms with Crippen molar-refractivity contribution in [1.29, 1.82) is 5.26 Å². The topological polar surface area (TPSA) is 39.5 Å². The van der Waals surface area contributed by atoms with E-state index in [4.69, 9.17) is 5.26 Å². The van der Waals surface area contributed by atoms with Gasteiger partial charge >= 0.3 is 6.18 Å². The van der Waals surface area contributed by atoms with Crippen LogP contribution in [0.4, 0.5) is 13.2 Å². The predicted molar refractivity (Wildman–Crippen MR) is 64.6 cm³/mol. The van der Waals surface area contributed by atoms with E-state index in [1.807, 2.05) is 6.92 Å². The van der Waals surface area contributed by atoms with Gasteiger partial charge in [-0.1, -0.05) is 6.92 Å². The van der Waals surface area contributed by atoms with E-state index in [-0.39, 0.29) is 12.6 Å². The summed E-state index contributed by atoms with van der Waals surface area (Å²) >= 11 is 0. The Morgan fingerprint density at radius 1 is 1.26 bits per heavy atom. The average Bonchev–Trinajstić information content (AvgIpc) is 2.37. The second-order valence-corrected chi connectivity index (χ2v) is 4.60. The van der Waals surface area contributed by atoms with Gasteiger partial charge in [0.15, 0.2) is 0 Å². The monoisotopic (exact) mass is 279 g/mol. The Morgan fingerprint density at radius 3 is 2.37 bits per heavy atom. The Labute approximate surface area is 111 Å². The maximum atomic E-state index is 11.9. The van der Waals surface area contributed by atoms with Gasteiger partial charge in [0.25, 0.3) is 0 Å². The fourth-order valence-electron chi connectivity index (χ4n) is 2.11. The van der Waals surface area contributed by atoms with E-state index in [1.165, 1.54) is 0 Å². The van der Waals surface area contributed by atoms with Gasteiger partial charge in [0.05, 0.1) is 18.7 Å². The number of piperazine rings is 1. The molecular formula is C12H20F3N3O. The van der Waals surface area contributed by atoms with Gasteiger partial charge in [-0.15, -0.1) is 0 Å². The van der Waals surface area contributed by atoms with E-state index in [0.717, 1.165) is 32.6 Å². The molecule has 0 aromatic rings. The molecular weight excluding hydrogens is 259 g/mol. The molecule has 1 heterocycles. The first-order valence-corrected chi connectivity index (χ1v) is 6.46. The minimum Gasteiger partial charge on any atom is -0.371 e. The Kier molecular flexibility index (Phi) is 6.55. The van der Waals surface area contributed by atoms with Crippen molar-refractivity contribution in [3.8, 4) is 6.07 Å². The first-order valence-electron chi connectivity index (χ1n) is 6.46. The van der Waals surface area contributed by atoms with Crippen LogP contribution in [0.3, 0.4) is 0 Å².